The third-order valence-electron chi connectivity index (χ3n) is 4.08. The lowest BCUT2D eigenvalue weighted by molar-refractivity contribution is 0.0123. The monoisotopic (exact) mass is 264 g/mol. The van der Waals surface area contributed by atoms with Crippen molar-refractivity contribution < 1.29 is 14.6 Å². The molecule has 5 nitrogen and oxygen atoms in total. The van der Waals surface area contributed by atoms with E-state index in [1.165, 1.54) is 0 Å². The molecule has 2 N–H and O–H groups in total. The van der Waals surface area contributed by atoms with Crippen molar-refractivity contribution in [1.29, 1.82) is 0 Å². The van der Waals surface area contributed by atoms with Crippen LogP contribution in [0, 0.1) is 0 Å². The van der Waals surface area contributed by atoms with Crippen LogP contribution in [0.5, 0.6) is 0 Å². The highest BCUT2D eigenvalue weighted by Crippen LogP contribution is 2.36. The Balaban J connectivity index is 1.74. The number of hydrogen-bond donors (Lipinski definition) is 2. The first kappa shape index (κ1) is 12.7. The number of carbonyl (C=O) groups is 1. The predicted molar refractivity (Wildman–Crippen MR) is 70.0 cm³/mol. The molecular formula is C14H20N2O3. The zero-order valence-electron chi connectivity index (χ0n) is 11.0. The molecule has 0 bridgehead atoms. The minimum absolute atomic E-state index is 0.0355. The number of aliphatic hydroxyl groups is 1. The maximum atomic E-state index is 12.4. The number of amides is 1. The van der Waals surface area contributed by atoms with Crippen LogP contribution in [0.3, 0.4) is 0 Å². The summed E-state index contributed by atoms with van der Waals surface area (Å²) in [4.78, 5) is 12.4. The van der Waals surface area contributed by atoms with E-state index in [-0.39, 0.29) is 12.5 Å². The quantitative estimate of drug-likeness (QED) is 0.856. The van der Waals surface area contributed by atoms with Crippen LogP contribution in [-0.2, 0) is 4.74 Å². The van der Waals surface area contributed by atoms with Crippen LogP contribution in [0.1, 0.15) is 42.2 Å². The van der Waals surface area contributed by atoms with Gasteiger partial charge in [0.05, 0.1) is 12.1 Å². The zero-order chi connectivity index (χ0) is 13.3. The SMILES string of the molecule is O=C(NC1(CO)CCOCC1)c1cccn1C1CC1. The second-order valence-electron chi connectivity index (χ2n) is 5.54. The summed E-state index contributed by atoms with van der Waals surface area (Å²) in [5.74, 6) is -0.0900. The molecule has 1 aromatic heterocycles. The fourth-order valence-electron chi connectivity index (χ4n) is 2.65. The molecule has 2 aliphatic rings. The summed E-state index contributed by atoms with van der Waals surface area (Å²) < 4.78 is 7.34. The molecule has 3 rings (SSSR count). The van der Waals surface area contributed by atoms with Gasteiger partial charge in [0, 0.05) is 25.5 Å². The molecular weight excluding hydrogens is 244 g/mol. The van der Waals surface area contributed by atoms with Crippen LogP contribution < -0.4 is 5.32 Å². The first-order valence-electron chi connectivity index (χ1n) is 6.92. The normalized spacial score (nSPS) is 22.2. The number of carbonyl (C=O) groups excluding carboxylic acids is 1. The average Bonchev–Trinajstić information content (AvgIpc) is 3.17. The second-order valence-corrected chi connectivity index (χ2v) is 5.54. The van der Waals surface area contributed by atoms with Crippen molar-refractivity contribution in [3.05, 3.63) is 24.0 Å². The molecule has 1 saturated heterocycles. The summed E-state index contributed by atoms with van der Waals surface area (Å²) in [5, 5.41) is 12.6. The number of nitrogens with one attached hydrogen (secondary N) is 1. The molecule has 1 aliphatic carbocycles. The van der Waals surface area contributed by atoms with Crippen molar-refractivity contribution in [1.82, 2.24) is 9.88 Å². The third kappa shape index (κ3) is 2.53. The highest BCUT2D eigenvalue weighted by atomic mass is 16.5. The third-order valence-corrected chi connectivity index (χ3v) is 4.08. The molecule has 0 unspecified atom stereocenters. The molecule has 1 amide bonds. The van der Waals surface area contributed by atoms with Crippen LogP contribution in [0.15, 0.2) is 18.3 Å². The van der Waals surface area contributed by atoms with E-state index in [4.69, 9.17) is 4.74 Å². The summed E-state index contributed by atoms with van der Waals surface area (Å²) in [6.07, 6.45) is 5.59. The topological polar surface area (TPSA) is 63.5 Å². The molecule has 1 aromatic rings. The van der Waals surface area contributed by atoms with Gasteiger partial charge in [-0.25, -0.2) is 0 Å². The van der Waals surface area contributed by atoms with Gasteiger partial charge < -0.3 is 19.7 Å². The van der Waals surface area contributed by atoms with Gasteiger partial charge in [-0.1, -0.05) is 0 Å². The fraction of sp³-hybridized carbons (Fsp3) is 0.643. The number of aliphatic hydroxyl groups excluding tert-OH is 1. The lowest BCUT2D eigenvalue weighted by atomic mass is 9.91. The Morgan fingerprint density at radius 3 is 2.84 bits per heavy atom. The minimum Gasteiger partial charge on any atom is -0.394 e. The van der Waals surface area contributed by atoms with Gasteiger partial charge in [-0.15, -0.1) is 0 Å². The molecule has 1 aliphatic heterocycles. The Bertz CT molecular complexity index is 459. The fourth-order valence-corrected chi connectivity index (χ4v) is 2.65. The Labute approximate surface area is 112 Å². The van der Waals surface area contributed by atoms with E-state index in [2.05, 4.69) is 5.32 Å². The van der Waals surface area contributed by atoms with Crippen molar-refractivity contribution in [2.75, 3.05) is 19.8 Å². The predicted octanol–water partition coefficient (Wildman–Crippen LogP) is 1.09. The van der Waals surface area contributed by atoms with Gasteiger partial charge >= 0.3 is 0 Å². The molecule has 1 saturated carbocycles. The van der Waals surface area contributed by atoms with E-state index in [0.29, 0.717) is 37.8 Å². The van der Waals surface area contributed by atoms with Crippen LogP contribution in [0.4, 0.5) is 0 Å². The summed E-state index contributed by atoms with van der Waals surface area (Å²) in [7, 11) is 0. The van der Waals surface area contributed by atoms with E-state index >= 15 is 0 Å². The summed E-state index contributed by atoms with van der Waals surface area (Å²) in [6, 6.07) is 4.23. The van der Waals surface area contributed by atoms with Gasteiger partial charge in [-0.3, -0.25) is 4.79 Å². The van der Waals surface area contributed by atoms with Crippen molar-refractivity contribution in [3.8, 4) is 0 Å². The lowest BCUT2D eigenvalue weighted by Gasteiger charge is -2.36. The van der Waals surface area contributed by atoms with Crippen molar-refractivity contribution >= 4 is 5.91 Å². The zero-order valence-corrected chi connectivity index (χ0v) is 11.0. The molecule has 104 valence electrons. The molecule has 0 atom stereocenters. The Morgan fingerprint density at radius 2 is 2.21 bits per heavy atom. The first-order chi connectivity index (χ1) is 9.24. The lowest BCUT2D eigenvalue weighted by Crippen LogP contribution is -2.54. The van der Waals surface area contributed by atoms with E-state index in [1.54, 1.807) is 0 Å². The Morgan fingerprint density at radius 1 is 1.47 bits per heavy atom. The molecule has 5 heteroatoms. The van der Waals surface area contributed by atoms with Crippen LogP contribution in [0.2, 0.25) is 0 Å². The van der Waals surface area contributed by atoms with Crippen LogP contribution in [0.25, 0.3) is 0 Å². The molecule has 2 fully saturated rings. The number of rotatable bonds is 4. The van der Waals surface area contributed by atoms with Gasteiger partial charge in [0.2, 0.25) is 0 Å². The largest absolute Gasteiger partial charge is 0.394 e. The molecule has 0 spiro atoms. The summed E-state index contributed by atoms with van der Waals surface area (Å²) >= 11 is 0. The molecule has 0 aromatic carbocycles. The first-order valence-corrected chi connectivity index (χ1v) is 6.92. The van der Waals surface area contributed by atoms with Gasteiger partial charge in [-0.2, -0.15) is 0 Å². The number of hydrogen-bond acceptors (Lipinski definition) is 3. The smallest absolute Gasteiger partial charge is 0.268 e. The average molecular weight is 264 g/mol. The van der Waals surface area contributed by atoms with Gasteiger partial charge in [0.1, 0.15) is 5.69 Å². The summed E-state index contributed by atoms with van der Waals surface area (Å²) in [6.45, 7) is 1.14. The van der Waals surface area contributed by atoms with E-state index in [1.807, 2.05) is 22.9 Å². The van der Waals surface area contributed by atoms with Crippen molar-refractivity contribution in [3.63, 3.8) is 0 Å². The number of aromatic nitrogens is 1. The minimum atomic E-state index is -0.520. The molecule has 2 heterocycles. The highest BCUT2D eigenvalue weighted by molar-refractivity contribution is 5.93. The van der Waals surface area contributed by atoms with E-state index in [9.17, 15) is 9.90 Å². The maximum absolute atomic E-state index is 12.4. The number of nitrogens with zero attached hydrogens (tertiary/aromatic N) is 1. The molecule has 0 radical (unpaired) electrons. The van der Waals surface area contributed by atoms with Gasteiger partial charge in [-0.05, 0) is 37.8 Å². The van der Waals surface area contributed by atoms with E-state index < -0.39 is 5.54 Å². The van der Waals surface area contributed by atoms with E-state index in [0.717, 1.165) is 12.8 Å². The van der Waals surface area contributed by atoms with Gasteiger partial charge in [0.15, 0.2) is 0 Å². The molecule has 19 heavy (non-hydrogen) atoms. The van der Waals surface area contributed by atoms with Gasteiger partial charge in [0.25, 0.3) is 5.91 Å². The standard InChI is InChI=1S/C14H20N2O3/c17-10-14(5-8-19-9-6-14)15-13(18)12-2-1-7-16(12)11-3-4-11/h1-2,7,11,17H,3-6,8-10H2,(H,15,18). The Kier molecular flexibility index (Phi) is 3.33. The van der Waals surface area contributed by atoms with Crippen LogP contribution in [-0.4, -0.2) is 40.9 Å². The number of ether oxygens (including phenoxy) is 1. The van der Waals surface area contributed by atoms with Crippen molar-refractivity contribution in [2.45, 2.75) is 37.3 Å². The summed E-state index contributed by atoms with van der Waals surface area (Å²) in [5.41, 5.74) is 0.176. The highest BCUT2D eigenvalue weighted by Gasteiger charge is 2.35. The van der Waals surface area contributed by atoms with Crippen molar-refractivity contribution in [2.24, 2.45) is 0 Å². The second kappa shape index (κ2) is 4.98. The van der Waals surface area contributed by atoms with Crippen LogP contribution >= 0.6 is 0 Å². The Hall–Kier alpha value is -1.33. The maximum Gasteiger partial charge on any atom is 0.268 e.